The van der Waals surface area contributed by atoms with Crippen molar-refractivity contribution in [3.63, 3.8) is 0 Å². The molecule has 1 saturated heterocycles. The van der Waals surface area contributed by atoms with E-state index in [1.807, 2.05) is 20.8 Å². The average Bonchev–Trinajstić information content (AvgIpc) is 2.53. The minimum Gasteiger partial charge on any atom is -0.364 e. The van der Waals surface area contributed by atoms with Crippen LogP contribution in [0.2, 0.25) is 0 Å². The Kier molecular flexibility index (Phi) is 4.11. The van der Waals surface area contributed by atoms with E-state index >= 15 is 0 Å². The predicted octanol–water partition coefficient (Wildman–Crippen LogP) is 0.668. The van der Waals surface area contributed by atoms with Crippen LogP contribution in [0.15, 0.2) is 0 Å². The molecular weight excluding hydrogens is 192 g/mol. The van der Waals surface area contributed by atoms with Gasteiger partial charge in [0.05, 0.1) is 6.10 Å². The largest absolute Gasteiger partial charge is 0.364 e. The molecule has 2 unspecified atom stereocenters. The van der Waals surface area contributed by atoms with Crippen LogP contribution in [-0.2, 0) is 9.53 Å². The van der Waals surface area contributed by atoms with Crippen LogP contribution in [0.4, 0.5) is 0 Å². The van der Waals surface area contributed by atoms with Gasteiger partial charge in [0.1, 0.15) is 6.10 Å². The zero-order chi connectivity index (χ0) is 11.5. The predicted molar refractivity (Wildman–Crippen MR) is 59.7 cm³/mol. The second kappa shape index (κ2) is 4.94. The monoisotopic (exact) mass is 214 g/mol. The molecule has 0 spiro atoms. The topological polar surface area (TPSA) is 50.4 Å². The SMILES string of the molecule is CC(OC1CCNC1)C(=O)NC(C)(C)C. The molecule has 1 aliphatic rings. The van der Waals surface area contributed by atoms with Crippen LogP contribution in [0.3, 0.4) is 0 Å². The van der Waals surface area contributed by atoms with Gasteiger partial charge in [0, 0.05) is 12.1 Å². The van der Waals surface area contributed by atoms with Gasteiger partial charge in [0.2, 0.25) is 5.91 Å². The first kappa shape index (κ1) is 12.5. The summed E-state index contributed by atoms with van der Waals surface area (Å²) in [6, 6.07) is 0. The van der Waals surface area contributed by atoms with E-state index in [1.165, 1.54) is 0 Å². The number of rotatable bonds is 3. The Labute approximate surface area is 91.8 Å². The van der Waals surface area contributed by atoms with E-state index in [1.54, 1.807) is 6.92 Å². The van der Waals surface area contributed by atoms with Crippen molar-refractivity contribution in [2.45, 2.75) is 51.9 Å². The third-order valence-electron chi connectivity index (χ3n) is 2.28. The number of hydrogen-bond acceptors (Lipinski definition) is 3. The van der Waals surface area contributed by atoms with E-state index in [4.69, 9.17) is 4.74 Å². The highest BCUT2D eigenvalue weighted by Crippen LogP contribution is 2.08. The molecule has 1 heterocycles. The lowest BCUT2D eigenvalue weighted by atomic mass is 10.1. The molecule has 0 aromatic rings. The van der Waals surface area contributed by atoms with Crippen LogP contribution in [0.5, 0.6) is 0 Å². The molecule has 1 amide bonds. The summed E-state index contributed by atoms with van der Waals surface area (Å²) < 4.78 is 5.64. The fourth-order valence-electron chi connectivity index (χ4n) is 1.57. The number of amides is 1. The highest BCUT2D eigenvalue weighted by atomic mass is 16.5. The van der Waals surface area contributed by atoms with Gasteiger partial charge in [-0.05, 0) is 40.7 Å². The minimum atomic E-state index is -0.367. The standard InChI is InChI=1S/C11H22N2O2/c1-8(10(14)13-11(2,3)4)15-9-5-6-12-7-9/h8-9,12H,5-7H2,1-4H3,(H,13,14). The normalized spacial score (nSPS) is 23.9. The molecule has 2 N–H and O–H groups in total. The Hall–Kier alpha value is -0.610. The van der Waals surface area contributed by atoms with Crippen LogP contribution in [0.25, 0.3) is 0 Å². The van der Waals surface area contributed by atoms with Gasteiger partial charge in [-0.1, -0.05) is 0 Å². The van der Waals surface area contributed by atoms with E-state index in [-0.39, 0.29) is 23.7 Å². The maximum absolute atomic E-state index is 11.7. The molecule has 1 aliphatic heterocycles. The quantitative estimate of drug-likeness (QED) is 0.726. The van der Waals surface area contributed by atoms with Crippen LogP contribution in [-0.4, -0.2) is 36.7 Å². The highest BCUT2D eigenvalue weighted by Gasteiger charge is 2.24. The smallest absolute Gasteiger partial charge is 0.249 e. The molecule has 88 valence electrons. The summed E-state index contributed by atoms with van der Waals surface area (Å²) in [6.45, 7) is 9.54. The molecule has 1 rings (SSSR count). The van der Waals surface area contributed by atoms with E-state index in [0.29, 0.717) is 0 Å². The van der Waals surface area contributed by atoms with Gasteiger partial charge in [-0.15, -0.1) is 0 Å². The van der Waals surface area contributed by atoms with E-state index < -0.39 is 0 Å². The average molecular weight is 214 g/mol. The summed E-state index contributed by atoms with van der Waals surface area (Å²) in [7, 11) is 0. The molecule has 4 heteroatoms. The summed E-state index contributed by atoms with van der Waals surface area (Å²) in [5, 5.41) is 6.12. The Bertz CT molecular complexity index is 217. The van der Waals surface area contributed by atoms with Gasteiger partial charge in [-0.2, -0.15) is 0 Å². The first-order chi connectivity index (χ1) is 6.88. The Morgan fingerprint density at radius 2 is 2.20 bits per heavy atom. The van der Waals surface area contributed by atoms with Crippen molar-refractivity contribution < 1.29 is 9.53 Å². The number of carbonyl (C=O) groups is 1. The summed E-state index contributed by atoms with van der Waals surface area (Å²) in [5.74, 6) is -0.0330. The molecule has 0 aromatic carbocycles. The van der Waals surface area contributed by atoms with Crippen molar-refractivity contribution in [1.82, 2.24) is 10.6 Å². The number of carbonyl (C=O) groups excluding carboxylic acids is 1. The van der Waals surface area contributed by atoms with Gasteiger partial charge in [0.25, 0.3) is 0 Å². The lowest BCUT2D eigenvalue weighted by Crippen LogP contribution is -2.46. The van der Waals surface area contributed by atoms with Gasteiger partial charge in [-0.3, -0.25) is 4.79 Å². The van der Waals surface area contributed by atoms with Gasteiger partial charge >= 0.3 is 0 Å². The fourth-order valence-corrected chi connectivity index (χ4v) is 1.57. The molecule has 0 radical (unpaired) electrons. The maximum atomic E-state index is 11.7. The lowest BCUT2D eigenvalue weighted by Gasteiger charge is -2.24. The maximum Gasteiger partial charge on any atom is 0.249 e. The zero-order valence-electron chi connectivity index (χ0n) is 10.1. The molecule has 4 nitrogen and oxygen atoms in total. The molecule has 0 aromatic heterocycles. The van der Waals surface area contributed by atoms with Gasteiger partial charge in [0.15, 0.2) is 0 Å². The summed E-state index contributed by atoms with van der Waals surface area (Å²) in [5.41, 5.74) is -0.192. The molecule has 2 atom stereocenters. The molecule has 0 saturated carbocycles. The van der Waals surface area contributed by atoms with Crippen molar-refractivity contribution in [3.8, 4) is 0 Å². The minimum absolute atomic E-state index is 0.0330. The first-order valence-corrected chi connectivity index (χ1v) is 5.57. The third-order valence-corrected chi connectivity index (χ3v) is 2.28. The molecule has 1 fully saturated rings. The van der Waals surface area contributed by atoms with Crippen molar-refractivity contribution in [3.05, 3.63) is 0 Å². The first-order valence-electron chi connectivity index (χ1n) is 5.57. The van der Waals surface area contributed by atoms with Crippen LogP contribution < -0.4 is 10.6 Å². The second-order valence-electron chi connectivity index (χ2n) is 5.13. The lowest BCUT2D eigenvalue weighted by molar-refractivity contribution is -0.136. The summed E-state index contributed by atoms with van der Waals surface area (Å²) >= 11 is 0. The molecule has 0 bridgehead atoms. The molecule has 0 aliphatic carbocycles. The van der Waals surface area contributed by atoms with Crippen molar-refractivity contribution >= 4 is 5.91 Å². The van der Waals surface area contributed by atoms with Crippen molar-refractivity contribution in [1.29, 1.82) is 0 Å². The summed E-state index contributed by atoms with van der Waals surface area (Å²) in [4.78, 5) is 11.7. The number of nitrogens with one attached hydrogen (secondary N) is 2. The van der Waals surface area contributed by atoms with Gasteiger partial charge in [-0.25, -0.2) is 0 Å². The number of ether oxygens (including phenoxy) is 1. The third kappa shape index (κ3) is 4.62. The van der Waals surface area contributed by atoms with Crippen LogP contribution in [0.1, 0.15) is 34.1 Å². The molecule has 15 heavy (non-hydrogen) atoms. The van der Waals surface area contributed by atoms with Crippen molar-refractivity contribution in [2.75, 3.05) is 13.1 Å². The highest BCUT2D eigenvalue weighted by molar-refractivity contribution is 5.81. The second-order valence-corrected chi connectivity index (χ2v) is 5.13. The Morgan fingerprint density at radius 3 is 2.67 bits per heavy atom. The van der Waals surface area contributed by atoms with Crippen LogP contribution >= 0.6 is 0 Å². The Balaban J connectivity index is 2.32. The number of hydrogen-bond donors (Lipinski definition) is 2. The van der Waals surface area contributed by atoms with Crippen LogP contribution in [0, 0.1) is 0 Å². The van der Waals surface area contributed by atoms with Crippen molar-refractivity contribution in [2.24, 2.45) is 0 Å². The Morgan fingerprint density at radius 1 is 1.53 bits per heavy atom. The fraction of sp³-hybridized carbons (Fsp3) is 0.909. The van der Waals surface area contributed by atoms with E-state index in [0.717, 1.165) is 19.5 Å². The van der Waals surface area contributed by atoms with E-state index in [9.17, 15) is 4.79 Å². The van der Waals surface area contributed by atoms with E-state index in [2.05, 4.69) is 10.6 Å². The zero-order valence-corrected chi connectivity index (χ0v) is 10.1. The molecular formula is C11H22N2O2. The van der Waals surface area contributed by atoms with Gasteiger partial charge < -0.3 is 15.4 Å². The summed E-state index contributed by atoms with van der Waals surface area (Å²) in [6.07, 6.45) is 0.812.